The Balaban J connectivity index is 1.76. The van der Waals surface area contributed by atoms with Crippen molar-refractivity contribution >= 4 is 27.6 Å². The molecule has 0 aliphatic carbocycles. The number of rotatable bonds is 8. The van der Waals surface area contributed by atoms with E-state index in [4.69, 9.17) is 9.88 Å². The number of nitrogens with two attached hydrogens (primary N) is 1. The summed E-state index contributed by atoms with van der Waals surface area (Å²) in [6, 6.07) is 11.3. The molecule has 4 N–H and O–H groups in total. The number of carbonyl (C=O) groups excluding carboxylic acids is 2. The number of hydrogen-bond acceptors (Lipinski definition) is 6. The molecule has 0 bridgehead atoms. The van der Waals surface area contributed by atoms with E-state index in [0.29, 0.717) is 5.69 Å². The maximum atomic E-state index is 12.0. The van der Waals surface area contributed by atoms with Crippen LogP contribution >= 0.6 is 0 Å². The van der Waals surface area contributed by atoms with E-state index in [1.165, 1.54) is 29.8 Å². The molecule has 29 heavy (non-hydrogen) atoms. The minimum absolute atomic E-state index is 0.0276. The summed E-state index contributed by atoms with van der Waals surface area (Å²) < 4.78 is 27.4. The van der Waals surface area contributed by atoms with Gasteiger partial charge in [0.05, 0.1) is 10.9 Å². The number of esters is 1. The summed E-state index contributed by atoms with van der Waals surface area (Å²) in [5.74, 6) is -1.02. The summed E-state index contributed by atoms with van der Waals surface area (Å²) in [7, 11) is -3.77. The molecule has 8 nitrogen and oxygen atoms in total. The number of sulfonamides is 1. The second-order valence-corrected chi connectivity index (χ2v) is 8.28. The quantitative estimate of drug-likeness (QED) is 0.560. The number of primary sulfonamides is 1. The highest BCUT2D eigenvalue weighted by molar-refractivity contribution is 7.89. The van der Waals surface area contributed by atoms with Crippen LogP contribution in [0.4, 0.5) is 5.69 Å². The van der Waals surface area contributed by atoms with Gasteiger partial charge in [-0.3, -0.25) is 9.59 Å². The largest absolute Gasteiger partial charge is 0.454 e. The van der Waals surface area contributed by atoms with Crippen molar-refractivity contribution in [3.05, 3.63) is 59.2 Å². The van der Waals surface area contributed by atoms with Crippen molar-refractivity contribution in [2.45, 2.75) is 31.7 Å². The van der Waals surface area contributed by atoms with Gasteiger partial charge in [-0.1, -0.05) is 18.2 Å². The Labute approximate surface area is 170 Å². The first-order valence-electron chi connectivity index (χ1n) is 8.95. The van der Waals surface area contributed by atoms with Gasteiger partial charge in [-0.25, -0.2) is 13.6 Å². The molecule has 0 heterocycles. The second kappa shape index (κ2) is 9.53. The lowest BCUT2D eigenvalue weighted by molar-refractivity contribution is -0.147. The zero-order chi connectivity index (χ0) is 21.6. The normalized spacial score (nSPS) is 12.1. The third-order valence-corrected chi connectivity index (χ3v) is 5.32. The highest BCUT2D eigenvalue weighted by Crippen LogP contribution is 2.16. The SMILES string of the molecule is Cc1ccc([C@H](C)NC(=O)COC(=O)CNc2ccc(S(N)(=O)=O)cc2)cc1C. The molecular weight excluding hydrogens is 394 g/mol. The molecule has 1 atom stereocenters. The maximum absolute atomic E-state index is 12.0. The Morgan fingerprint density at radius 1 is 1.07 bits per heavy atom. The molecule has 156 valence electrons. The lowest BCUT2D eigenvalue weighted by Gasteiger charge is -2.16. The molecule has 0 radical (unpaired) electrons. The molecular formula is C20H25N3O5S. The van der Waals surface area contributed by atoms with Gasteiger partial charge in [0.15, 0.2) is 6.61 Å². The second-order valence-electron chi connectivity index (χ2n) is 6.72. The van der Waals surface area contributed by atoms with Gasteiger partial charge < -0.3 is 15.4 Å². The fourth-order valence-corrected chi connectivity index (χ4v) is 3.05. The topological polar surface area (TPSA) is 128 Å². The molecule has 9 heteroatoms. The lowest BCUT2D eigenvalue weighted by Crippen LogP contribution is -2.32. The van der Waals surface area contributed by atoms with Gasteiger partial charge in [0.1, 0.15) is 6.54 Å². The number of nitrogens with one attached hydrogen (secondary N) is 2. The highest BCUT2D eigenvalue weighted by atomic mass is 32.2. The molecule has 2 rings (SSSR count). The van der Waals surface area contributed by atoms with E-state index >= 15 is 0 Å². The third kappa shape index (κ3) is 6.88. The average Bonchev–Trinajstić information content (AvgIpc) is 2.66. The molecule has 0 saturated carbocycles. The molecule has 0 fully saturated rings. The minimum atomic E-state index is -3.77. The predicted octanol–water partition coefficient (Wildman–Crippen LogP) is 1.78. The third-order valence-electron chi connectivity index (χ3n) is 4.39. The first kappa shape index (κ1) is 22.4. The Morgan fingerprint density at radius 3 is 2.31 bits per heavy atom. The van der Waals surface area contributed by atoms with Gasteiger partial charge >= 0.3 is 5.97 Å². The Morgan fingerprint density at radius 2 is 1.72 bits per heavy atom. The molecule has 2 aromatic carbocycles. The van der Waals surface area contributed by atoms with E-state index in [9.17, 15) is 18.0 Å². The molecule has 0 aliphatic rings. The zero-order valence-electron chi connectivity index (χ0n) is 16.6. The average molecular weight is 420 g/mol. The number of benzene rings is 2. The van der Waals surface area contributed by atoms with E-state index in [1.54, 1.807) is 0 Å². The summed E-state index contributed by atoms with van der Waals surface area (Å²) in [4.78, 5) is 23.8. The number of ether oxygens (including phenoxy) is 1. The van der Waals surface area contributed by atoms with Crippen LogP contribution in [0.5, 0.6) is 0 Å². The first-order chi connectivity index (χ1) is 13.6. The molecule has 0 unspecified atom stereocenters. The molecule has 2 aromatic rings. The lowest BCUT2D eigenvalue weighted by atomic mass is 10.0. The Bertz CT molecular complexity index is 988. The van der Waals surface area contributed by atoms with Crippen LogP contribution < -0.4 is 15.8 Å². The van der Waals surface area contributed by atoms with Crippen LogP contribution in [-0.2, 0) is 24.3 Å². The van der Waals surface area contributed by atoms with Gasteiger partial charge in [0.25, 0.3) is 5.91 Å². The van der Waals surface area contributed by atoms with Crippen molar-refractivity contribution < 1.29 is 22.7 Å². The molecule has 0 aromatic heterocycles. The fraction of sp³-hybridized carbons (Fsp3) is 0.300. The highest BCUT2D eigenvalue weighted by Gasteiger charge is 2.13. The van der Waals surface area contributed by atoms with Crippen LogP contribution in [0.15, 0.2) is 47.4 Å². The molecule has 0 saturated heterocycles. The number of amides is 1. The van der Waals surface area contributed by atoms with Crippen molar-refractivity contribution in [3.63, 3.8) is 0 Å². The monoisotopic (exact) mass is 419 g/mol. The number of aryl methyl sites for hydroxylation is 2. The van der Waals surface area contributed by atoms with E-state index in [1.807, 2.05) is 39.0 Å². The number of anilines is 1. The van der Waals surface area contributed by atoms with E-state index in [-0.39, 0.29) is 24.1 Å². The van der Waals surface area contributed by atoms with Crippen molar-refractivity contribution in [1.29, 1.82) is 0 Å². The van der Waals surface area contributed by atoms with Crippen LogP contribution in [-0.4, -0.2) is 33.4 Å². The summed E-state index contributed by atoms with van der Waals surface area (Å²) in [5.41, 5.74) is 3.80. The zero-order valence-corrected chi connectivity index (χ0v) is 17.4. The fourth-order valence-electron chi connectivity index (χ4n) is 2.53. The van der Waals surface area contributed by atoms with Crippen LogP contribution in [0.3, 0.4) is 0 Å². The molecule has 0 spiro atoms. The summed E-state index contributed by atoms with van der Waals surface area (Å²) in [5, 5.41) is 10.6. The predicted molar refractivity (Wildman–Crippen MR) is 110 cm³/mol. The summed E-state index contributed by atoms with van der Waals surface area (Å²) >= 11 is 0. The first-order valence-corrected chi connectivity index (χ1v) is 10.5. The van der Waals surface area contributed by atoms with Gasteiger partial charge in [-0.15, -0.1) is 0 Å². The van der Waals surface area contributed by atoms with Crippen molar-refractivity contribution in [1.82, 2.24) is 5.32 Å². The smallest absolute Gasteiger partial charge is 0.325 e. The van der Waals surface area contributed by atoms with Gasteiger partial charge in [0.2, 0.25) is 10.0 Å². The number of hydrogen-bond donors (Lipinski definition) is 3. The van der Waals surface area contributed by atoms with Crippen molar-refractivity contribution in [2.24, 2.45) is 5.14 Å². The van der Waals surface area contributed by atoms with Crippen LogP contribution in [0.1, 0.15) is 29.7 Å². The minimum Gasteiger partial charge on any atom is -0.454 e. The summed E-state index contributed by atoms with van der Waals surface area (Å²) in [6.45, 7) is 5.32. The van der Waals surface area contributed by atoms with Crippen LogP contribution in [0, 0.1) is 13.8 Å². The molecule has 0 aliphatic heterocycles. The van der Waals surface area contributed by atoms with E-state index in [2.05, 4.69) is 10.6 Å². The Hall–Kier alpha value is -2.91. The van der Waals surface area contributed by atoms with Crippen LogP contribution in [0.25, 0.3) is 0 Å². The number of carbonyl (C=O) groups is 2. The van der Waals surface area contributed by atoms with E-state index < -0.39 is 21.9 Å². The molecule has 1 amide bonds. The van der Waals surface area contributed by atoms with Gasteiger partial charge in [0, 0.05) is 5.69 Å². The Kier molecular flexibility index (Phi) is 7.35. The van der Waals surface area contributed by atoms with Crippen LogP contribution in [0.2, 0.25) is 0 Å². The van der Waals surface area contributed by atoms with E-state index in [0.717, 1.165) is 11.1 Å². The van der Waals surface area contributed by atoms with Crippen molar-refractivity contribution in [2.75, 3.05) is 18.5 Å². The maximum Gasteiger partial charge on any atom is 0.325 e. The standard InChI is InChI=1S/C20H25N3O5S/c1-13-4-5-16(10-14(13)2)15(3)23-19(24)12-28-20(25)11-22-17-6-8-18(9-7-17)29(21,26)27/h4-10,15,22H,11-12H2,1-3H3,(H,23,24)(H2,21,26,27)/t15-/m0/s1. The van der Waals surface area contributed by atoms with Gasteiger partial charge in [-0.05, 0) is 61.7 Å². The van der Waals surface area contributed by atoms with Gasteiger partial charge in [-0.2, -0.15) is 0 Å². The summed E-state index contributed by atoms with van der Waals surface area (Å²) in [6.07, 6.45) is 0. The van der Waals surface area contributed by atoms with Crippen molar-refractivity contribution in [3.8, 4) is 0 Å².